The van der Waals surface area contributed by atoms with E-state index < -0.39 is 6.10 Å². The van der Waals surface area contributed by atoms with Crippen LogP contribution < -0.4 is 4.74 Å². The van der Waals surface area contributed by atoms with Crippen LogP contribution in [0.2, 0.25) is 0 Å². The predicted octanol–water partition coefficient (Wildman–Crippen LogP) is 3.65. The van der Waals surface area contributed by atoms with Gasteiger partial charge in [0.05, 0.1) is 6.04 Å². The van der Waals surface area contributed by atoms with Crippen LogP contribution in [0.1, 0.15) is 41.6 Å². The summed E-state index contributed by atoms with van der Waals surface area (Å²) in [5, 5.41) is 3.03. The Morgan fingerprint density at radius 2 is 2.29 bits per heavy atom. The Kier molecular flexibility index (Phi) is 4.00. The number of thiazole rings is 1. The van der Waals surface area contributed by atoms with Gasteiger partial charge in [-0.05, 0) is 44.4 Å². The van der Waals surface area contributed by atoms with Crippen LogP contribution in [-0.4, -0.2) is 28.4 Å². The van der Waals surface area contributed by atoms with Gasteiger partial charge in [0.15, 0.2) is 6.10 Å². The summed E-state index contributed by atoms with van der Waals surface area (Å²) in [5.74, 6) is 0.317. The summed E-state index contributed by atoms with van der Waals surface area (Å²) in [6, 6.07) is 4.47. The van der Waals surface area contributed by atoms with Gasteiger partial charge in [0, 0.05) is 29.6 Å². The number of piperidine rings is 1. The number of halogens is 1. The first kappa shape index (κ1) is 15.6. The van der Waals surface area contributed by atoms with Gasteiger partial charge in [-0.25, -0.2) is 9.37 Å². The number of hydrogen-bond donors (Lipinski definition) is 0. The molecule has 0 aliphatic carbocycles. The number of rotatable bonds is 2. The molecule has 1 amide bonds. The molecule has 0 spiro atoms. The van der Waals surface area contributed by atoms with E-state index in [4.69, 9.17) is 4.74 Å². The van der Waals surface area contributed by atoms with Gasteiger partial charge in [0.1, 0.15) is 16.6 Å². The molecule has 1 aromatic carbocycles. The highest BCUT2D eigenvalue weighted by atomic mass is 32.1. The zero-order chi connectivity index (χ0) is 16.7. The van der Waals surface area contributed by atoms with E-state index in [1.54, 1.807) is 17.4 Å². The van der Waals surface area contributed by atoms with Crippen LogP contribution in [0, 0.1) is 12.7 Å². The Bertz CT molecular complexity index is 776. The molecule has 2 unspecified atom stereocenters. The molecule has 3 heterocycles. The number of carbonyl (C=O) groups excluding carboxylic acids is 1. The lowest BCUT2D eigenvalue weighted by Crippen LogP contribution is -2.45. The van der Waals surface area contributed by atoms with Crippen molar-refractivity contribution < 1.29 is 13.9 Å². The highest BCUT2D eigenvalue weighted by Crippen LogP contribution is 2.36. The van der Waals surface area contributed by atoms with Crippen molar-refractivity contribution in [2.24, 2.45) is 0 Å². The van der Waals surface area contributed by atoms with Crippen molar-refractivity contribution in [2.45, 2.75) is 44.8 Å². The largest absolute Gasteiger partial charge is 0.480 e. The fraction of sp³-hybridized carbons (Fsp3) is 0.444. The first-order valence-electron chi connectivity index (χ1n) is 8.29. The van der Waals surface area contributed by atoms with E-state index in [-0.39, 0.29) is 17.8 Å². The van der Waals surface area contributed by atoms with Crippen molar-refractivity contribution in [2.75, 3.05) is 6.54 Å². The number of amides is 1. The van der Waals surface area contributed by atoms with Gasteiger partial charge in [0.25, 0.3) is 5.91 Å². The molecular formula is C18H19FN2O2S. The summed E-state index contributed by atoms with van der Waals surface area (Å²) in [4.78, 5) is 19.5. The number of aromatic nitrogens is 1. The van der Waals surface area contributed by atoms with Gasteiger partial charge in [-0.1, -0.05) is 0 Å². The number of carbonyl (C=O) groups is 1. The minimum absolute atomic E-state index is 0.0100. The molecule has 4 rings (SSSR count). The third-order valence-electron chi connectivity index (χ3n) is 4.68. The third-order valence-corrected chi connectivity index (χ3v) is 5.74. The van der Waals surface area contributed by atoms with Crippen molar-refractivity contribution in [1.29, 1.82) is 0 Å². The van der Waals surface area contributed by atoms with Crippen molar-refractivity contribution in [1.82, 2.24) is 9.88 Å². The zero-order valence-corrected chi connectivity index (χ0v) is 14.3. The molecule has 0 saturated carbocycles. The van der Waals surface area contributed by atoms with Crippen molar-refractivity contribution in [3.63, 3.8) is 0 Å². The van der Waals surface area contributed by atoms with Gasteiger partial charge in [-0.2, -0.15) is 0 Å². The number of hydrogen-bond acceptors (Lipinski definition) is 4. The number of nitrogens with zero attached hydrogens (tertiary/aromatic N) is 2. The third kappa shape index (κ3) is 2.79. The lowest BCUT2D eigenvalue weighted by atomic mass is 10.0. The van der Waals surface area contributed by atoms with Gasteiger partial charge in [-0.3, -0.25) is 4.79 Å². The van der Waals surface area contributed by atoms with Crippen LogP contribution >= 0.6 is 11.3 Å². The maximum atomic E-state index is 13.4. The maximum Gasteiger partial charge on any atom is 0.264 e. The molecule has 0 N–H and O–H groups in total. The minimum Gasteiger partial charge on any atom is -0.480 e. The maximum absolute atomic E-state index is 13.4. The molecule has 6 heteroatoms. The number of benzene rings is 1. The highest BCUT2D eigenvalue weighted by molar-refractivity contribution is 7.09. The van der Waals surface area contributed by atoms with E-state index in [0.717, 1.165) is 42.1 Å². The quantitative estimate of drug-likeness (QED) is 0.834. The first-order chi connectivity index (χ1) is 11.6. The van der Waals surface area contributed by atoms with Crippen molar-refractivity contribution in [3.8, 4) is 5.75 Å². The van der Waals surface area contributed by atoms with E-state index in [0.29, 0.717) is 12.2 Å². The van der Waals surface area contributed by atoms with Gasteiger partial charge >= 0.3 is 0 Å². The van der Waals surface area contributed by atoms with Crippen LogP contribution in [0.5, 0.6) is 5.75 Å². The second-order valence-electron chi connectivity index (χ2n) is 6.43. The Labute approximate surface area is 144 Å². The fourth-order valence-electron chi connectivity index (χ4n) is 3.52. The second kappa shape index (κ2) is 6.16. The minimum atomic E-state index is -0.552. The summed E-state index contributed by atoms with van der Waals surface area (Å²) in [5.41, 5.74) is 1.76. The molecule has 0 bridgehead atoms. The van der Waals surface area contributed by atoms with E-state index in [2.05, 4.69) is 4.98 Å². The molecule has 2 aliphatic rings. The number of ether oxygens (including phenoxy) is 1. The Morgan fingerprint density at radius 3 is 3.08 bits per heavy atom. The van der Waals surface area contributed by atoms with E-state index in [1.807, 2.05) is 17.2 Å². The standard InChI is InChI=1S/C18H19FN2O2S/c1-11-10-24-17(20-11)14-4-2-3-7-21(14)18(22)16-9-12-8-13(19)5-6-15(12)23-16/h5-6,8,10,14,16H,2-4,7,9H2,1H3. The summed E-state index contributed by atoms with van der Waals surface area (Å²) in [6.45, 7) is 2.70. The lowest BCUT2D eigenvalue weighted by molar-refractivity contribution is -0.142. The molecule has 0 radical (unpaired) electrons. The smallest absolute Gasteiger partial charge is 0.264 e. The second-order valence-corrected chi connectivity index (χ2v) is 7.32. The Morgan fingerprint density at radius 1 is 1.42 bits per heavy atom. The van der Waals surface area contributed by atoms with Crippen LogP contribution in [0.3, 0.4) is 0 Å². The fourth-order valence-corrected chi connectivity index (χ4v) is 4.46. The van der Waals surface area contributed by atoms with Crippen LogP contribution in [-0.2, 0) is 11.2 Å². The van der Waals surface area contributed by atoms with Gasteiger partial charge in [0.2, 0.25) is 0 Å². The number of aryl methyl sites for hydroxylation is 1. The molecular weight excluding hydrogens is 327 g/mol. The van der Waals surface area contributed by atoms with Crippen LogP contribution in [0.25, 0.3) is 0 Å². The SMILES string of the molecule is Cc1csc(C2CCCCN2C(=O)C2Cc3cc(F)ccc3O2)n1. The lowest BCUT2D eigenvalue weighted by Gasteiger charge is -2.35. The Hall–Kier alpha value is -1.95. The number of likely N-dealkylation sites (tertiary alicyclic amines) is 1. The normalized spacial score (nSPS) is 23.0. The average molecular weight is 346 g/mol. The number of fused-ring (bicyclic) bond motifs is 1. The molecule has 2 aliphatic heterocycles. The average Bonchev–Trinajstić information content (AvgIpc) is 3.20. The summed E-state index contributed by atoms with van der Waals surface area (Å²) < 4.78 is 19.2. The highest BCUT2D eigenvalue weighted by Gasteiger charge is 2.37. The van der Waals surface area contributed by atoms with Gasteiger partial charge in [-0.15, -0.1) is 11.3 Å². The molecule has 126 valence electrons. The monoisotopic (exact) mass is 346 g/mol. The molecule has 2 atom stereocenters. The molecule has 1 saturated heterocycles. The molecule has 1 fully saturated rings. The summed E-state index contributed by atoms with van der Waals surface area (Å²) in [6.07, 6.45) is 2.92. The van der Waals surface area contributed by atoms with Crippen molar-refractivity contribution in [3.05, 3.63) is 45.7 Å². The molecule has 4 nitrogen and oxygen atoms in total. The predicted molar refractivity (Wildman–Crippen MR) is 89.7 cm³/mol. The van der Waals surface area contributed by atoms with Crippen molar-refractivity contribution >= 4 is 17.2 Å². The van der Waals surface area contributed by atoms with Crippen LogP contribution in [0.15, 0.2) is 23.6 Å². The summed E-state index contributed by atoms with van der Waals surface area (Å²) >= 11 is 1.61. The topological polar surface area (TPSA) is 42.4 Å². The summed E-state index contributed by atoms with van der Waals surface area (Å²) in [7, 11) is 0. The van der Waals surface area contributed by atoms with E-state index >= 15 is 0 Å². The van der Waals surface area contributed by atoms with E-state index in [9.17, 15) is 9.18 Å². The molecule has 2 aromatic rings. The van der Waals surface area contributed by atoms with Crippen LogP contribution in [0.4, 0.5) is 4.39 Å². The first-order valence-corrected chi connectivity index (χ1v) is 9.17. The zero-order valence-electron chi connectivity index (χ0n) is 13.5. The van der Waals surface area contributed by atoms with Gasteiger partial charge < -0.3 is 9.64 Å². The molecule has 24 heavy (non-hydrogen) atoms. The van der Waals surface area contributed by atoms with E-state index in [1.165, 1.54) is 12.1 Å². The molecule has 1 aromatic heterocycles. The Balaban J connectivity index is 1.55.